The molecule has 0 unspecified atom stereocenters. The van der Waals surface area contributed by atoms with Gasteiger partial charge in [0.25, 0.3) is 0 Å². The van der Waals surface area contributed by atoms with Crippen LogP contribution in [-0.2, 0) is 4.79 Å². The summed E-state index contributed by atoms with van der Waals surface area (Å²) in [6.45, 7) is 1.98. The van der Waals surface area contributed by atoms with Gasteiger partial charge in [-0.05, 0) is 47.4 Å². The predicted octanol–water partition coefficient (Wildman–Crippen LogP) is 3.22. The standard InChI is InChI=1S/C14H19BrN2OS.ClH/c15-12-5-1-2-6-13(12)19-9-7-14(18)17-11-4-3-8-16-10-11;/h1-2,5-6,11,16H,3-4,7-10H2,(H,17,18);1H/t11-;/m0./s1. The third kappa shape index (κ3) is 6.04. The molecule has 1 saturated heterocycles. The minimum absolute atomic E-state index is 0. The minimum Gasteiger partial charge on any atom is -0.352 e. The monoisotopic (exact) mass is 378 g/mol. The van der Waals surface area contributed by atoms with Crippen molar-refractivity contribution in [1.29, 1.82) is 0 Å². The number of thioether (sulfide) groups is 1. The summed E-state index contributed by atoms with van der Waals surface area (Å²) in [7, 11) is 0. The number of hydrogen-bond donors (Lipinski definition) is 2. The Hall–Kier alpha value is -0.230. The van der Waals surface area contributed by atoms with E-state index in [0.717, 1.165) is 36.2 Å². The number of nitrogens with one attached hydrogen (secondary N) is 2. The van der Waals surface area contributed by atoms with E-state index in [-0.39, 0.29) is 18.3 Å². The van der Waals surface area contributed by atoms with Gasteiger partial charge < -0.3 is 10.6 Å². The normalized spacial score (nSPS) is 18.1. The summed E-state index contributed by atoms with van der Waals surface area (Å²) in [4.78, 5) is 13.0. The van der Waals surface area contributed by atoms with Gasteiger partial charge in [0.2, 0.25) is 5.91 Å². The van der Waals surface area contributed by atoms with E-state index in [9.17, 15) is 4.79 Å². The van der Waals surface area contributed by atoms with Gasteiger partial charge >= 0.3 is 0 Å². The molecule has 3 nitrogen and oxygen atoms in total. The fourth-order valence-corrected chi connectivity index (χ4v) is 3.61. The Labute approximate surface area is 139 Å². The molecule has 1 amide bonds. The van der Waals surface area contributed by atoms with Crippen LogP contribution in [0, 0.1) is 0 Å². The quantitative estimate of drug-likeness (QED) is 0.772. The van der Waals surface area contributed by atoms with Crippen molar-refractivity contribution in [3.05, 3.63) is 28.7 Å². The van der Waals surface area contributed by atoms with E-state index in [1.54, 1.807) is 11.8 Å². The van der Waals surface area contributed by atoms with Crippen LogP contribution in [0.2, 0.25) is 0 Å². The number of hydrogen-bond acceptors (Lipinski definition) is 3. The van der Waals surface area contributed by atoms with E-state index in [4.69, 9.17) is 0 Å². The highest BCUT2D eigenvalue weighted by Crippen LogP contribution is 2.27. The third-order valence-electron chi connectivity index (χ3n) is 3.09. The maximum Gasteiger partial charge on any atom is 0.221 e. The molecule has 1 aliphatic rings. The van der Waals surface area contributed by atoms with Gasteiger partial charge in [-0.25, -0.2) is 0 Å². The van der Waals surface area contributed by atoms with Crippen molar-refractivity contribution in [3.8, 4) is 0 Å². The zero-order chi connectivity index (χ0) is 13.5. The molecular formula is C14H20BrClN2OS. The Bertz CT molecular complexity index is 427. The van der Waals surface area contributed by atoms with Gasteiger partial charge in [-0.15, -0.1) is 24.2 Å². The molecule has 0 spiro atoms. The van der Waals surface area contributed by atoms with Crippen molar-refractivity contribution >= 4 is 46.0 Å². The lowest BCUT2D eigenvalue weighted by molar-refractivity contribution is -0.121. The molecule has 1 aromatic carbocycles. The first-order chi connectivity index (χ1) is 9.25. The molecule has 0 radical (unpaired) electrons. The van der Waals surface area contributed by atoms with E-state index in [0.29, 0.717) is 12.5 Å². The zero-order valence-electron chi connectivity index (χ0n) is 11.2. The predicted molar refractivity (Wildman–Crippen MR) is 90.8 cm³/mol. The van der Waals surface area contributed by atoms with Crippen LogP contribution >= 0.6 is 40.1 Å². The fraction of sp³-hybridized carbons (Fsp3) is 0.500. The summed E-state index contributed by atoms with van der Waals surface area (Å²) in [5.41, 5.74) is 0. The van der Waals surface area contributed by atoms with Crippen molar-refractivity contribution in [2.75, 3.05) is 18.8 Å². The molecule has 1 heterocycles. The van der Waals surface area contributed by atoms with Gasteiger partial charge in [0.15, 0.2) is 0 Å². The maximum atomic E-state index is 11.8. The van der Waals surface area contributed by atoms with Crippen LogP contribution < -0.4 is 10.6 Å². The fourth-order valence-electron chi connectivity index (χ4n) is 2.09. The lowest BCUT2D eigenvalue weighted by Gasteiger charge is -2.23. The average Bonchev–Trinajstić information content (AvgIpc) is 2.42. The van der Waals surface area contributed by atoms with Gasteiger partial charge in [-0.2, -0.15) is 0 Å². The number of carbonyl (C=O) groups is 1. The highest BCUT2D eigenvalue weighted by Gasteiger charge is 2.14. The molecule has 6 heteroatoms. The Morgan fingerprint density at radius 3 is 2.95 bits per heavy atom. The molecule has 0 bridgehead atoms. The van der Waals surface area contributed by atoms with E-state index < -0.39 is 0 Å². The van der Waals surface area contributed by atoms with Gasteiger partial charge in [0.1, 0.15) is 0 Å². The Balaban J connectivity index is 0.00000200. The van der Waals surface area contributed by atoms with E-state index >= 15 is 0 Å². The molecular weight excluding hydrogens is 360 g/mol. The first-order valence-corrected chi connectivity index (χ1v) is 8.41. The molecule has 1 fully saturated rings. The zero-order valence-corrected chi connectivity index (χ0v) is 14.5. The lowest BCUT2D eigenvalue weighted by atomic mass is 10.1. The average molecular weight is 380 g/mol. The summed E-state index contributed by atoms with van der Waals surface area (Å²) in [5, 5.41) is 6.40. The summed E-state index contributed by atoms with van der Waals surface area (Å²) in [6, 6.07) is 8.42. The Morgan fingerprint density at radius 2 is 2.25 bits per heavy atom. The Morgan fingerprint density at radius 1 is 1.45 bits per heavy atom. The van der Waals surface area contributed by atoms with Crippen molar-refractivity contribution in [2.45, 2.75) is 30.2 Å². The van der Waals surface area contributed by atoms with Crippen molar-refractivity contribution in [3.63, 3.8) is 0 Å². The van der Waals surface area contributed by atoms with Crippen molar-refractivity contribution < 1.29 is 4.79 Å². The molecule has 20 heavy (non-hydrogen) atoms. The smallest absolute Gasteiger partial charge is 0.221 e. The van der Waals surface area contributed by atoms with Crippen LogP contribution in [0.3, 0.4) is 0 Å². The highest BCUT2D eigenvalue weighted by atomic mass is 79.9. The first kappa shape index (κ1) is 17.8. The molecule has 112 valence electrons. The minimum atomic E-state index is 0. The summed E-state index contributed by atoms with van der Waals surface area (Å²) in [6.07, 6.45) is 2.81. The molecule has 0 aromatic heterocycles. The number of amides is 1. The second kappa shape index (κ2) is 9.66. The number of piperidine rings is 1. The number of benzene rings is 1. The van der Waals surface area contributed by atoms with Crippen LogP contribution in [0.25, 0.3) is 0 Å². The SMILES string of the molecule is Cl.O=C(CCSc1ccccc1Br)N[C@H]1CCCNC1. The molecule has 0 aliphatic carbocycles. The second-order valence-electron chi connectivity index (χ2n) is 4.64. The number of halogens is 2. The van der Waals surface area contributed by atoms with Crippen LogP contribution in [-0.4, -0.2) is 30.8 Å². The van der Waals surface area contributed by atoms with Gasteiger partial charge in [0, 0.05) is 34.1 Å². The topological polar surface area (TPSA) is 41.1 Å². The summed E-state index contributed by atoms with van der Waals surface area (Å²) < 4.78 is 1.09. The molecule has 2 N–H and O–H groups in total. The highest BCUT2D eigenvalue weighted by molar-refractivity contribution is 9.10. The van der Waals surface area contributed by atoms with Crippen molar-refractivity contribution in [1.82, 2.24) is 10.6 Å². The first-order valence-electron chi connectivity index (χ1n) is 6.63. The number of rotatable bonds is 5. The molecule has 1 aromatic rings. The van der Waals surface area contributed by atoms with Crippen LogP contribution in [0.4, 0.5) is 0 Å². The van der Waals surface area contributed by atoms with Crippen LogP contribution in [0.5, 0.6) is 0 Å². The van der Waals surface area contributed by atoms with E-state index in [1.165, 1.54) is 4.90 Å². The molecule has 1 atom stereocenters. The third-order valence-corrected chi connectivity index (χ3v) is 5.11. The van der Waals surface area contributed by atoms with Crippen LogP contribution in [0.1, 0.15) is 19.3 Å². The largest absolute Gasteiger partial charge is 0.352 e. The molecule has 0 saturated carbocycles. The van der Waals surface area contributed by atoms with Gasteiger partial charge in [-0.3, -0.25) is 4.79 Å². The van der Waals surface area contributed by atoms with E-state index in [1.807, 2.05) is 18.2 Å². The van der Waals surface area contributed by atoms with Crippen molar-refractivity contribution in [2.24, 2.45) is 0 Å². The second-order valence-corrected chi connectivity index (χ2v) is 6.63. The van der Waals surface area contributed by atoms with Gasteiger partial charge in [0.05, 0.1) is 0 Å². The molecule has 1 aliphatic heterocycles. The summed E-state index contributed by atoms with van der Waals surface area (Å²) >= 11 is 5.23. The van der Waals surface area contributed by atoms with E-state index in [2.05, 4.69) is 32.6 Å². The molecule has 2 rings (SSSR count). The maximum absolute atomic E-state index is 11.8. The number of carbonyl (C=O) groups excluding carboxylic acids is 1. The van der Waals surface area contributed by atoms with Gasteiger partial charge in [-0.1, -0.05) is 12.1 Å². The lowest BCUT2D eigenvalue weighted by Crippen LogP contribution is -2.45. The van der Waals surface area contributed by atoms with Crippen LogP contribution in [0.15, 0.2) is 33.6 Å². The summed E-state index contributed by atoms with van der Waals surface area (Å²) in [5.74, 6) is 0.975. The Kier molecular flexibility index (Phi) is 8.61.